The Bertz CT molecular complexity index is 1460. The van der Waals surface area contributed by atoms with Crippen molar-refractivity contribution in [3.05, 3.63) is 93.4 Å². The lowest BCUT2D eigenvalue weighted by Crippen LogP contribution is -2.31. The smallest absolute Gasteiger partial charge is 0.306 e. The Hall–Kier alpha value is -4.13. The zero-order valence-corrected chi connectivity index (χ0v) is 18.9. The van der Waals surface area contributed by atoms with Crippen LogP contribution in [0.3, 0.4) is 0 Å². The number of hydrogen-bond acceptors (Lipinski definition) is 6. The fourth-order valence-corrected chi connectivity index (χ4v) is 4.51. The lowest BCUT2D eigenvalue weighted by Gasteiger charge is -2.28. The van der Waals surface area contributed by atoms with E-state index in [9.17, 15) is 14.7 Å². The number of carbonyl (C=O) groups excluding carboxylic acids is 1. The van der Waals surface area contributed by atoms with Crippen LogP contribution in [-0.2, 0) is 22.5 Å². The third-order valence-corrected chi connectivity index (χ3v) is 6.31. The second kappa shape index (κ2) is 8.67. The van der Waals surface area contributed by atoms with Crippen molar-refractivity contribution in [2.24, 2.45) is 0 Å². The quantitative estimate of drug-likeness (QED) is 0.446. The maximum Gasteiger partial charge on any atom is 0.306 e. The van der Waals surface area contributed by atoms with E-state index in [2.05, 4.69) is 4.98 Å². The molecule has 7 nitrogen and oxygen atoms in total. The van der Waals surface area contributed by atoms with Crippen LogP contribution in [-0.4, -0.2) is 27.7 Å². The molecule has 0 fully saturated rings. The second-order valence-electron chi connectivity index (χ2n) is 8.45. The Morgan fingerprint density at radius 2 is 1.91 bits per heavy atom. The van der Waals surface area contributed by atoms with Crippen molar-refractivity contribution in [2.45, 2.75) is 32.2 Å². The molecule has 1 N–H and O–H groups in total. The van der Waals surface area contributed by atoms with E-state index in [1.165, 1.54) is 7.11 Å². The van der Waals surface area contributed by atoms with Gasteiger partial charge in [0, 0.05) is 35.2 Å². The number of aryl methyl sites for hydroxylation is 2. The van der Waals surface area contributed by atoms with Gasteiger partial charge >= 0.3 is 5.97 Å². The van der Waals surface area contributed by atoms with Gasteiger partial charge in [-0.15, -0.1) is 0 Å². The zero-order chi connectivity index (χ0) is 23.8. The summed E-state index contributed by atoms with van der Waals surface area (Å²) in [6.45, 7) is 2.32. The van der Waals surface area contributed by atoms with Crippen molar-refractivity contribution in [1.82, 2.24) is 9.55 Å². The van der Waals surface area contributed by atoms with E-state index in [4.69, 9.17) is 9.47 Å². The molecular weight excluding hydrogens is 432 g/mol. The molecule has 0 radical (unpaired) electrons. The van der Waals surface area contributed by atoms with Gasteiger partial charge in [0.2, 0.25) is 5.88 Å². The molecule has 0 saturated carbocycles. The molecule has 1 atom stereocenters. The number of carbonyl (C=O) groups is 1. The summed E-state index contributed by atoms with van der Waals surface area (Å²) in [6, 6.07) is 18.4. The minimum Gasteiger partial charge on any atom is -0.508 e. The third kappa shape index (κ3) is 3.90. The summed E-state index contributed by atoms with van der Waals surface area (Å²) in [5, 5.41) is 10.4. The molecule has 5 rings (SSSR count). The summed E-state index contributed by atoms with van der Waals surface area (Å²) < 4.78 is 12.8. The topological polar surface area (TPSA) is 90.7 Å². The number of fused-ring (bicyclic) bond motifs is 3. The number of rotatable bonds is 5. The summed E-state index contributed by atoms with van der Waals surface area (Å²) in [5.41, 5.74) is 3.48. The van der Waals surface area contributed by atoms with E-state index in [1.54, 1.807) is 16.7 Å². The Balaban J connectivity index is 1.60. The van der Waals surface area contributed by atoms with Gasteiger partial charge in [0.05, 0.1) is 24.6 Å². The SMILES string of the molecule is COC(=O)C[C@@H]1c2cc3ccccc3nc2Oc2cc(C)n(CCc3ccc(O)cc3)c(=O)c21. The van der Waals surface area contributed by atoms with Crippen molar-refractivity contribution in [3.63, 3.8) is 0 Å². The molecule has 1 aliphatic rings. The van der Waals surface area contributed by atoms with Gasteiger partial charge in [-0.25, -0.2) is 4.98 Å². The van der Waals surface area contributed by atoms with Crippen LogP contribution in [0.25, 0.3) is 10.9 Å². The number of aromatic hydroxyl groups is 1. The number of esters is 1. The third-order valence-electron chi connectivity index (χ3n) is 6.31. The number of phenols is 1. The van der Waals surface area contributed by atoms with Gasteiger partial charge in [0.1, 0.15) is 11.5 Å². The first kappa shape index (κ1) is 21.7. The largest absolute Gasteiger partial charge is 0.508 e. The van der Waals surface area contributed by atoms with Crippen LogP contribution in [0, 0.1) is 6.92 Å². The number of ether oxygens (including phenoxy) is 2. The molecule has 3 heterocycles. The van der Waals surface area contributed by atoms with Crippen molar-refractivity contribution in [1.29, 1.82) is 0 Å². The summed E-state index contributed by atoms with van der Waals surface area (Å²) in [7, 11) is 1.34. The highest BCUT2D eigenvalue weighted by Crippen LogP contribution is 2.44. The second-order valence-corrected chi connectivity index (χ2v) is 8.45. The fourth-order valence-electron chi connectivity index (χ4n) is 4.51. The van der Waals surface area contributed by atoms with Gasteiger partial charge in [0.15, 0.2) is 0 Å². The summed E-state index contributed by atoms with van der Waals surface area (Å²) in [5.74, 6) is 0.0886. The molecule has 0 bridgehead atoms. The van der Waals surface area contributed by atoms with Gasteiger partial charge in [-0.2, -0.15) is 0 Å². The fraction of sp³-hybridized carbons (Fsp3) is 0.222. The first-order valence-corrected chi connectivity index (χ1v) is 11.1. The molecule has 0 unspecified atom stereocenters. The highest BCUT2D eigenvalue weighted by molar-refractivity contribution is 5.81. The normalized spacial score (nSPS) is 14.2. The Morgan fingerprint density at radius 1 is 1.15 bits per heavy atom. The van der Waals surface area contributed by atoms with Crippen LogP contribution in [0.4, 0.5) is 0 Å². The lowest BCUT2D eigenvalue weighted by atomic mass is 9.86. The number of hydrogen-bond donors (Lipinski definition) is 1. The molecule has 34 heavy (non-hydrogen) atoms. The van der Waals surface area contributed by atoms with Crippen LogP contribution in [0.2, 0.25) is 0 Å². The van der Waals surface area contributed by atoms with Crippen LogP contribution in [0.1, 0.15) is 34.7 Å². The molecule has 0 aliphatic carbocycles. The minimum atomic E-state index is -0.531. The van der Waals surface area contributed by atoms with E-state index in [0.717, 1.165) is 22.2 Å². The van der Waals surface area contributed by atoms with Crippen LogP contribution < -0.4 is 10.3 Å². The molecule has 7 heteroatoms. The van der Waals surface area contributed by atoms with Gasteiger partial charge in [0.25, 0.3) is 5.56 Å². The summed E-state index contributed by atoms with van der Waals surface area (Å²) >= 11 is 0. The molecule has 172 valence electrons. The average molecular weight is 456 g/mol. The maximum atomic E-state index is 13.7. The summed E-state index contributed by atoms with van der Waals surface area (Å²) in [6.07, 6.45) is 0.626. The number of para-hydroxylation sites is 1. The van der Waals surface area contributed by atoms with Gasteiger partial charge in [-0.05, 0) is 43.2 Å². The monoisotopic (exact) mass is 456 g/mol. The molecule has 0 saturated heterocycles. The van der Waals surface area contributed by atoms with E-state index >= 15 is 0 Å². The van der Waals surface area contributed by atoms with Crippen LogP contribution in [0.15, 0.2) is 65.5 Å². The predicted molar refractivity (Wildman–Crippen MR) is 128 cm³/mol. The van der Waals surface area contributed by atoms with Crippen molar-refractivity contribution < 1.29 is 19.4 Å². The molecule has 0 amide bonds. The van der Waals surface area contributed by atoms with Crippen molar-refractivity contribution in [3.8, 4) is 17.4 Å². The standard InChI is InChI=1S/C27H24N2O5/c1-16-13-23-25(27(32)29(16)12-11-17-7-9-19(30)10-8-17)20(15-24(31)33-2)21-14-18-5-3-4-6-22(18)28-26(21)34-23/h3-10,13-14,20,30H,11-12,15H2,1-2H3/t20-/m1/s1. The van der Waals surface area contributed by atoms with Gasteiger partial charge < -0.3 is 19.1 Å². The van der Waals surface area contributed by atoms with E-state index in [-0.39, 0.29) is 17.7 Å². The molecule has 4 aromatic rings. The number of pyridine rings is 2. The van der Waals surface area contributed by atoms with Crippen molar-refractivity contribution in [2.75, 3.05) is 7.11 Å². The predicted octanol–water partition coefficient (Wildman–Crippen LogP) is 4.45. The molecule has 2 aromatic heterocycles. The Morgan fingerprint density at radius 3 is 2.68 bits per heavy atom. The van der Waals surface area contributed by atoms with E-state index in [1.807, 2.05) is 55.5 Å². The van der Waals surface area contributed by atoms with E-state index in [0.29, 0.717) is 35.7 Å². The van der Waals surface area contributed by atoms with Gasteiger partial charge in [-0.1, -0.05) is 30.3 Å². The van der Waals surface area contributed by atoms with Crippen LogP contribution in [0.5, 0.6) is 17.4 Å². The van der Waals surface area contributed by atoms with Crippen LogP contribution >= 0.6 is 0 Å². The first-order chi connectivity index (χ1) is 16.4. The summed E-state index contributed by atoms with van der Waals surface area (Å²) in [4.78, 5) is 30.7. The molecular formula is C27H24N2O5. The number of phenolic OH excluding ortho intramolecular Hbond substituents is 1. The maximum absolute atomic E-state index is 13.7. The molecule has 1 aliphatic heterocycles. The average Bonchev–Trinajstić information content (AvgIpc) is 2.83. The van der Waals surface area contributed by atoms with E-state index < -0.39 is 11.9 Å². The Kier molecular flexibility index (Phi) is 5.53. The first-order valence-electron chi connectivity index (χ1n) is 11.1. The number of nitrogens with zero attached hydrogens (tertiary/aromatic N) is 2. The molecule has 0 spiro atoms. The number of benzene rings is 2. The highest BCUT2D eigenvalue weighted by Gasteiger charge is 2.34. The number of aromatic nitrogens is 2. The number of methoxy groups -OCH3 is 1. The van der Waals surface area contributed by atoms with Crippen molar-refractivity contribution >= 4 is 16.9 Å². The minimum absolute atomic E-state index is 0.0101. The lowest BCUT2D eigenvalue weighted by molar-refractivity contribution is -0.140. The zero-order valence-electron chi connectivity index (χ0n) is 18.9. The van der Waals surface area contributed by atoms with Gasteiger partial charge in [-0.3, -0.25) is 9.59 Å². The molecule has 2 aromatic carbocycles. The highest BCUT2D eigenvalue weighted by atomic mass is 16.5. The Labute approximate surface area is 196 Å².